The third kappa shape index (κ3) is 2.87. The molecule has 134 valence electrons. The van der Waals surface area contributed by atoms with Crippen LogP contribution in [0.5, 0.6) is 11.5 Å². The van der Waals surface area contributed by atoms with Gasteiger partial charge in [-0.15, -0.1) is 0 Å². The zero-order valence-electron chi connectivity index (χ0n) is 14.9. The van der Waals surface area contributed by atoms with E-state index in [0.717, 1.165) is 35.4 Å². The van der Waals surface area contributed by atoms with E-state index in [2.05, 4.69) is 9.97 Å². The number of carbonyl (C=O) groups excluding carboxylic acids is 1. The Morgan fingerprint density at radius 2 is 1.69 bits per heavy atom. The molecule has 1 aromatic carbocycles. The number of pyridine rings is 1. The zero-order valence-corrected chi connectivity index (χ0v) is 14.9. The third-order valence-corrected chi connectivity index (χ3v) is 4.92. The normalized spacial score (nSPS) is 14.0. The van der Waals surface area contributed by atoms with Crippen molar-refractivity contribution in [1.82, 2.24) is 14.9 Å². The molecule has 1 amide bonds. The maximum absolute atomic E-state index is 12.9. The summed E-state index contributed by atoms with van der Waals surface area (Å²) in [5, 5.41) is 1.00. The number of carbonyl (C=O) groups is 1. The van der Waals surface area contributed by atoms with Crippen molar-refractivity contribution in [3.8, 4) is 11.5 Å². The second-order valence-corrected chi connectivity index (χ2v) is 6.38. The molecule has 0 radical (unpaired) electrons. The van der Waals surface area contributed by atoms with Crippen molar-refractivity contribution >= 4 is 16.9 Å². The minimum atomic E-state index is -0.0340. The molecule has 0 atom stereocenters. The molecule has 26 heavy (non-hydrogen) atoms. The zero-order chi connectivity index (χ0) is 18.1. The number of amides is 1. The first-order chi connectivity index (χ1) is 12.7. The first-order valence-electron chi connectivity index (χ1n) is 8.67. The fourth-order valence-electron chi connectivity index (χ4n) is 3.47. The summed E-state index contributed by atoms with van der Waals surface area (Å²) >= 11 is 0. The van der Waals surface area contributed by atoms with E-state index in [-0.39, 0.29) is 5.91 Å². The van der Waals surface area contributed by atoms with Crippen molar-refractivity contribution in [1.29, 1.82) is 0 Å². The Morgan fingerprint density at radius 3 is 2.31 bits per heavy atom. The number of H-pyrrole nitrogens is 1. The summed E-state index contributed by atoms with van der Waals surface area (Å²) < 4.78 is 10.8. The molecule has 3 heterocycles. The first-order valence-corrected chi connectivity index (χ1v) is 8.67. The Bertz CT molecular complexity index is 929. The second-order valence-electron chi connectivity index (χ2n) is 6.38. The monoisotopic (exact) mass is 351 g/mol. The number of nitrogens with zero attached hydrogens (tertiary/aromatic N) is 2. The Labute approximate surface area is 151 Å². The van der Waals surface area contributed by atoms with Gasteiger partial charge in [0, 0.05) is 24.7 Å². The largest absolute Gasteiger partial charge is 0.493 e. The highest BCUT2D eigenvalue weighted by Gasteiger charge is 2.22. The molecule has 0 fully saturated rings. The van der Waals surface area contributed by atoms with Gasteiger partial charge in [0.2, 0.25) is 0 Å². The lowest BCUT2D eigenvalue weighted by atomic mass is 10.0. The molecule has 0 saturated carbocycles. The van der Waals surface area contributed by atoms with Crippen molar-refractivity contribution in [2.45, 2.75) is 12.8 Å². The van der Waals surface area contributed by atoms with Gasteiger partial charge >= 0.3 is 0 Å². The smallest absolute Gasteiger partial charge is 0.272 e. The molecular formula is C20H21N3O3. The van der Waals surface area contributed by atoms with Crippen molar-refractivity contribution < 1.29 is 14.3 Å². The van der Waals surface area contributed by atoms with E-state index in [1.54, 1.807) is 20.3 Å². The number of aromatic amines is 1. The Morgan fingerprint density at radius 1 is 1.04 bits per heavy atom. The summed E-state index contributed by atoms with van der Waals surface area (Å²) in [5.41, 5.74) is 3.61. The van der Waals surface area contributed by atoms with Gasteiger partial charge in [-0.3, -0.25) is 4.79 Å². The van der Waals surface area contributed by atoms with Crippen LogP contribution in [0.2, 0.25) is 0 Å². The van der Waals surface area contributed by atoms with E-state index in [0.29, 0.717) is 18.8 Å². The SMILES string of the molecule is COc1cc2c(cc1OC)CCN(C(=O)c1ccc3cc[nH]c3n1)CC2. The van der Waals surface area contributed by atoms with Gasteiger partial charge in [0.05, 0.1) is 14.2 Å². The summed E-state index contributed by atoms with van der Waals surface area (Å²) in [6, 6.07) is 9.70. The molecule has 0 unspecified atom stereocenters. The van der Waals surface area contributed by atoms with Crippen LogP contribution in [0.25, 0.3) is 11.0 Å². The number of hydrogen-bond acceptors (Lipinski definition) is 4. The lowest BCUT2D eigenvalue weighted by molar-refractivity contribution is 0.0757. The van der Waals surface area contributed by atoms with Crippen LogP contribution in [0.3, 0.4) is 0 Å². The lowest BCUT2D eigenvalue weighted by Crippen LogP contribution is -2.33. The molecule has 0 aliphatic carbocycles. The average molecular weight is 351 g/mol. The van der Waals surface area contributed by atoms with Crippen molar-refractivity contribution in [3.05, 3.63) is 53.3 Å². The summed E-state index contributed by atoms with van der Waals surface area (Å²) in [6.45, 7) is 1.32. The minimum Gasteiger partial charge on any atom is -0.493 e. The number of aromatic nitrogens is 2. The van der Waals surface area contributed by atoms with Gasteiger partial charge in [0.25, 0.3) is 5.91 Å². The van der Waals surface area contributed by atoms with Crippen LogP contribution in [0.4, 0.5) is 0 Å². The highest BCUT2D eigenvalue weighted by Crippen LogP contribution is 2.32. The highest BCUT2D eigenvalue weighted by atomic mass is 16.5. The first kappa shape index (κ1) is 16.4. The summed E-state index contributed by atoms with van der Waals surface area (Å²) in [4.78, 5) is 22.3. The van der Waals surface area contributed by atoms with Gasteiger partial charge in [-0.1, -0.05) is 0 Å². The Hall–Kier alpha value is -3.02. The number of nitrogens with one attached hydrogen (secondary N) is 1. The van der Waals surface area contributed by atoms with Crippen LogP contribution in [0.15, 0.2) is 36.5 Å². The summed E-state index contributed by atoms with van der Waals surface area (Å²) in [6.07, 6.45) is 3.40. The van der Waals surface area contributed by atoms with Crippen LogP contribution >= 0.6 is 0 Å². The predicted molar refractivity (Wildman–Crippen MR) is 99.0 cm³/mol. The Kier molecular flexibility index (Phi) is 4.24. The molecule has 0 spiro atoms. The number of hydrogen-bond donors (Lipinski definition) is 1. The molecule has 0 saturated heterocycles. The summed E-state index contributed by atoms with van der Waals surface area (Å²) in [5.74, 6) is 1.42. The van der Waals surface area contributed by atoms with Crippen LogP contribution in [-0.4, -0.2) is 48.1 Å². The van der Waals surface area contributed by atoms with Crippen molar-refractivity contribution in [3.63, 3.8) is 0 Å². The molecule has 1 N–H and O–H groups in total. The topological polar surface area (TPSA) is 67.5 Å². The highest BCUT2D eigenvalue weighted by molar-refractivity contribution is 5.94. The van der Waals surface area contributed by atoms with Gasteiger partial charge in [-0.25, -0.2) is 4.98 Å². The van der Waals surface area contributed by atoms with Gasteiger partial charge < -0.3 is 19.4 Å². The quantitative estimate of drug-likeness (QED) is 0.788. The van der Waals surface area contributed by atoms with Crippen LogP contribution < -0.4 is 9.47 Å². The van der Waals surface area contributed by atoms with Gasteiger partial charge in [-0.2, -0.15) is 0 Å². The molecule has 6 nitrogen and oxygen atoms in total. The van der Waals surface area contributed by atoms with Crippen molar-refractivity contribution in [2.24, 2.45) is 0 Å². The van der Waals surface area contributed by atoms with E-state index < -0.39 is 0 Å². The second kappa shape index (κ2) is 6.71. The van der Waals surface area contributed by atoms with Crippen LogP contribution in [0.1, 0.15) is 21.6 Å². The molecule has 6 heteroatoms. The van der Waals surface area contributed by atoms with E-state index in [1.165, 1.54) is 11.1 Å². The number of fused-ring (bicyclic) bond motifs is 2. The molecule has 0 bridgehead atoms. The molecule has 2 aromatic heterocycles. The minimum absolute atomic E-state index is 0.0340. The fraction of sp³-hybridized carbons (Fsp3) is 0.300. The fourth-order valence-corrected chi connectivity index (χ4v) is 3.47. The van der Waals surface area contributed by atoms with Gasteiger partial charge in [0.1, 0.15) is 11.3 Å². The standard InChI is InChI=1S/C20H21N3O3/c1-25-17-11-14-6-9-23(10-7-15(14)12-18(17)26-2)20(24)16-4-3-13-5-8-21-19(13)22-16/h3-5,8,11-12H,6-7,9-10H2,1-2H3,(H,21,22). The Balaban J connectivity index is 1.57. The maximum atomic E-state index is 12.9. The molecular weight excluding hydrogens is 330 g/mol. The van der Waals surface area contributed by atoms with Crippen LogP contribution in [0, 0.1) is 0 Å². The maximum Gasteiger partial charge on any atom is 0.272 e. The van der Waals surface area contributed by atoms with Gasteiger partial charge in [0.15, 0.2) is 11.5 Å². The summed E-state index contributed by atoms with van der Waals surface area (Å²) in [7, 11) is 3.28. The predicted octanol–water partition coefficient (Wildman–Crippen LogP) is 2.82. The molecule has 1 aliphatic rings. The number of ether oxygens (including phenoxy) is 2. The van der Waals surface area contributed by atoms with E-state index in [4.69, 9.17) is 9.47 Å². The van der Waals surface area contributed by atoms with Crippen molar-refractivity contribution in [2.75, 3.05) is 27.3 Å². The van der Waals surface area contributed by atoms with E-state index >= 15 is 0 Å². The third-order valence-electron chi connectivity index (χ3n) is 4.92. The molecule has 1 aliphatic heterocycles. The average Bonchev–Trinajstić information content (AvgIpc) is 3.05. The van der Waals surface area contributed by atoms with E-state index in [1.807, 2.05) is 35.4 Å². The number of methoxy groups -OCH3 is 2. The molecule has 3 aromatic rings. The van der Waals surface area contributed by atoms with E-state index in [9.17, 15) is 4.79 Å². The molecule has 4 rings (SSSR count). The lowest BCUT2D eigenvalue weighted by Gasteiger charge is -2.19. The number of benzene rings is 1. The van der Waals surface area contributed by atoms with Gasteiger partial charge in [-0.05, 0) is 54.3 Å². The van der Waals surface area contributed by atoms with Crippen LogP contribution in [-0.2, 0) is 12.8 Å². The number of rotatable bonds is 3.